The van der Waals surface area contributed by atoms with E-state index in [1.807, 2.05) is 0 Å². The lowest BCUT2D eigenvalue weighted by molar-refractivity contribution is -0.137. The molecule has 0 fully saturated rings. The predicted molar refractivity (Wildman–Crippen MR) is 50.4 cm³/mol. The fraction of sp³-hybridized carbons (Fsp3) is 0.300. The summed E-state index contributed by atoms with van der Waals surface area (Å²) < 4.78 is 4.67. The molecule has 3 heteroatoms. The number of rotatable bonds is 2. The maximum Gasteiger partial charge on any atom is 0.334 e. The minimum Gasteiger partial charge on any atom is -0.449 e. The summed E-state index contributed by atoms with van der Waals surface area (Å²) in [6.07, 6.45) is 0. The number of hydrogen-bond acceptors (Lipinski definition) is 3. The first kappa shape index (κ1) is 11.3. The van der Waals surface area contributed by atoms with E-state index in [0.29, 0.717) is 5.57 Å². The summed E-state index contributed by atoms with van der Waals surface area (Å²) in [6.45, 7) is 5.30. The van der Waals surface area contributed by atoms with Crippen molar-refractivity contribution in [1.29, 1.82) is 0 Å². The second kappa shape index (κ2) is 6.97. The van der Waals surface area contributed by atoms with Crippen molar-refractivity contribution in [1.82, 2.24) is 0 Å². The van der Waals surface area contributed by atoms with Crippen LogP contribution in [0, 0.1) is 23.7 Å². The molecule has 0 radical (unpaired) electrons. The van der Waals surface area contributed by atoms with Crippen LogP contribution in [-0.2, 0) is 9.53 Å². The molecule has 0 atom stereocenters. The largest absolute Gasteiger partial charge is 0.449 e. The molecule has 0 bridgehead atoms. The van der Waals surface area contributed by atoms with Gasteiger partial charge in [-0.15, -0.1) is 0 Å². The van der Waals surface area contributed by atoms with Crippen LogP contribution < -0.4 is 5.73 Å². The van der Waals surface area contributed by atoms with Crippen LogP contribution in [0.25, 0.3) is 0 Å². The summed E-state index contributed by atoms with van der Waals surface area (Å²) in [7, 11) is 0. The molecule has 68 valence electrons. The second-order valence-corrected chi connectivity index (χ2v) is 2.16. The summed E-state index contributed by atoms with van der Waals surface area (Å²) in [5.74, 6) is 9.63. The third kappa shape index (κ3) is 6.68. The SMILES string of the molecule is C=C(C)C(=O)OCC#CC#CCN. The molecule has 0 aromatic carbocycles. The van der Waals surface area contributed by atoms with Gasteiger partial charge in [0.25, 0.3) is 0 Å². The Morgan fingerprint density at radius 3 is 2.62 bits per heavy atom. The van der Waals surface area contributed by atoms with Crippen LogP contribution in [0.3, 0.4) is 0 Å². The van der Waals surface area contributed by atoms with Gasteiger partial charge in [-0.05, 0) is 24.7 Å². The van der Waals surface area contributed by atoms with Crippen LogP contribution in [0.1, 0.15) is 6.92 Å². The number of carbonyl (C=O) groups is 1. The van der Waals surface area contributed by atoms with Crippen molar-refractivity contribution in [3.63, 3.8) is 0 Å². The van der Waals surface area contributed by atoms with E-state index in [-0.39, 0.29) is 13.2 Å². The monoisotopic (exact) mass is 177 g/mol. The minimum absolute atomic E-state index is 0.0327. The summed E-state index contributed by atoms with van der Waals surface area (Å²) in [4.78, 5) is 10.8. The molecular formula is C10H11NO2. The van der Waals surface area contributed by atoms with Crippen molar-refractivity contribution in [3.8, 4) is 23.7 Å². The topological polar surface area (TPSA) is 52.3 Å². The highest BCUT2D eigenvalue weighted by molar-refractivity contribution is 5.87. The highest BCUT2D eigenvalue weighted by Crippen LogP contribution is 1.89. The molecule has 0 amide bonds. The first-order valence-electron chi connectivity index (χ1n) is 3.67. The van der Waals surface area contributed by atoms with Gasteiger partial charge in [0.2, 0.25) is 0 Å². The van der Waals surface area contributed by atoms with Crippen LogP contribution in [0.5, 0.6) is 0 Å². The highest BCUT2D eigenvalue weighted by Gasteiger charge is 1.99. The second-order valence-electron chi connectivity index (χ2n) is 2.16. The van der Waals surface area contributed by atoms with Gasteiger partial charge >= 0.3 is 5.97 Å². The molecule has 0 rings (SSSR count). The Morgan fingerprint density at radius 2 is 2.08 bits per heavy atom. The van der Waals surface area contributed by atoms with E-state index in [9.17, 15) is 4.79 Å². The zero-order valence-electron chi connectivity index (χ0n) is 7.52. The fourth-order valence-corrected chi connectivity index (χ4v) is 0.400. The van der Waals surface area contributed by atoms with Gasteiger partial charge in [-0.1, -0.05) is 12.5 Å². The maximum atomic E-state index is 10.8. The van der Waals surface area contributed by atoms with Gasteiger partial charge in [-0.25, -0.2) is 4.79 Å². The molecule has 0 unspecified atom stereocenters. The third-order valence-corrected chi connectivity index (χ3v) is 0.965. The molecule has 0 aromatic heterocycles. The van der Waals surface area contributed by atoms with Gasteiger partial charge in [-0.3, -0.25) is 0 Å². The fourth-order valence-electron chi connectivity index (χ4n) is 0.400. The molecule has 0 saturated carbocycles. The number of nitrogens with two attached hydrogens (primary N) is 1. The number of ether oxygens (including phenoxy) is 1. The Kier molecular flexibility index (Phi) is 6.05. The van der Waals surface area contributed by atoms with E-state index >= 15 is 0 Å². The zero-order valence-corrected chi connectivity index (χ0v) is 7.52. The van der Waals surface area contributed by atoms with Crippen LogP contribution in [0.4, 0.5) is 0 Å². The summed E-state index contributed by atoms with van der Waals surface area (Å²) in [5, 5.41) is 0. The molecule has 0 aliphatic carbocycles. The normalized spacial score (nSPS) is 7.23. The van der Waals surface area contributed by atoms with Crippen LogP contribution in [0.15, 0.2) is 12.2 Å². The molecule has 0 aromatic rings. The Bertz CT molecular complexity index is 309. The standard InChI is InChI=1S/C10H11NO2/c1-9(2)10(12)13-8-6-4-3-5-7-11/h1,7-8,11H2,2H3. The van der Waals surface area contributed by atoms with E-state index in [0.717, 1.165) is 0 Å². The first-order valence-corrected chi connectivity index (χ1v) is 3.67. The lowest BCUT2D eigenvalue weighted by Gasteiger charge is -1.96. The van der Waals surface area contributed by atoms with Crippen molar-refractivity contribution in [2.45, 2.75) is 6.92 Å². The Hall–Kier alpha value is -1.71. The summed E-state index contributed by atoms with van der Waals surface area (Å²) >= 11 is 0. The highest BCUT2D eigenvalue weighted by atomic mass is 16.5. The Morgan fingerprint density at radius 1 is 1.46 bits per heavy atom. The lowest BCUT2D eigenvalue weighted by Crippen LogP contribution is -2.04. The smallest absolute Gasteiger partial charge is 0.334 e. The van der Waals surface area contributed by atoms with E-state index in [2.05, 4.69) is 35.0 Å². The van der Waals surface area contributed by atoms with E-state index in [1.165, 1.54) is 0 Å². The average Bonchev–Trinajstić information content (AvgIpc) is 2.10. The minimum atomic E-state index is -0.443. The van der Waals surface area contributed by atoms with Crippen molar-refractivity contribution in [2.24, 2.45) is 5.73 Å². The molecule has 0 spiro atoms. The Labute approximate surface area is 77.9 Å². The summed E-state index contributed by atoms with van der Waals surface area (Å²) in [5.41, 5.74) is 5.45. The first-order chi connectivity index (χ1) is 6.18. The maximum absolute atomic E-state index is 10.8. The van der Waals surface area contributed by atoms with Crippen molar-refractivity contribution in [3.05, 3.63) is 12.2 Å². The molecule has 13 heavy (non-hydrogen) atoms. The van der Waals surface area contributed by atoms with Crippen molar-refractivity contribution < 1.29 is 9.53 Å². The van der Waals surface area contributed by atoms with E-state index in [1.54, 1.807) is 6.92 Å². The van der Waals surface area contributed by atoms with Crippen LogP contribution in [0.2, 0.25) is 0 Å². The van der Waals surface area contributed by atoms with Crippen molar-refractivity contribution >= 4 is 5.97 Å². The van der Waals surface area contributed by atoms with Crippen LogP contribution >= 0.6 is 0 Å². The van der Waals surface area contributed by atoms with Crippen molar-refractivity contribution in [2.75, 3.05) is 13.2 Å². The molecule has 0 saturated heterocycles. The number of hydrogen-bond donors (Lipinski definition) is 1. The molecule has 0 aliphatic heterocycles. The van der Waals surface area contributed by atoms with Gasteiger partial charge in [0, 0.05) is 5.57 Å². The average molecular weight is 177 g/mol. The lowest BCUT2D eigenvalue weighted by atomic mass is 10.4. The molecular weight excluding hydrogens is 166 g/mol. The van der Waals surface area contributed by atoms with Crippen LogP contribution in [-0.4, -0.2) is 19.1 Å². The van der Waals surface area contributed by atoms with Gasteiger partial charge < -0.3 is 10.5 Å². The number of carbonyl (C=O) groups excluding carboxylic acids is 1. The van der Waals surface area contributed by atoms with Gasteiger partial charge in [-0.2, -0.15) is 0 Å². The zero-order chi connectivity index (χ0) is 10.1. The number of esters is 1. The predicted octanol–water partition coefficient (Wildman–Crippen LogP) is 0.0712. The molecule has 3 nitrogen and oxygen atoms in total. The van der Waals surface area contributed by atoms with E-state index < -0.39 is 5.97 Å². The molecule has 0 aliphatic rings. The van der Waals surface area contributed by atoms with Gasteiger partial charge in [0.15, 0.2) is 6.61 Å². The van der Waals surface area contributed by atoms with Gasteiger partial charge in [0.1, 0.15) is 0 Å². The molecule has 0 heterocycles. The quantitative estimate of drug-likeness (QED) is 0.369. The van der Waals surface area contributed by atoms with Gasteiger partial charge in [0.05, 0.1) is 6.54 Å². The molecule has 2 N–H and O–H groups in total. The third-order valence-electron chi connectivity index (χ3n) is 0.965. The Balaban J connectivity index is 3.71. The van der Waals surface area contributed by atoms with E-state index in [4.69, 9.17) is 5.73 Å². The summed E-state index contributed by atoms with van der Waals surface area (Å²) in [6, 6.07) is 0.